The fraction of sp³-hybridized carbons (Fsp3) is 0.364. The van der Waals surface area contributed by atoms with Crippen LogP contribution in [0.4, 0.5) is 0 Å². The molecule has 0 aliphatic carbocycles. The lowest BCUT2D eigenvalue weighted by Gasteiger charge is -2.11. The molecule has 0 unspecified atom stereocenters. The van der Waals surface area contributed by atoms with Gasteiger partial charge in [0, 0.05) is 5.69 Å². The number of hydrogen-bond acceptors (Lipinski definition) is 3. The van der Waals surface area contributed by atoms with E-state index >= 15 is 0 Å². The second kappa shape index (κ2) is 5.29. The van der Waals surface area contributed by atoms with E-state index in [0.29, 0.717) is 5.69 Å². The Morgan fingerprint density at radius 3 is 2.59 bits per heavy atom. The summed E-state index contributed by atoms with van der Waals surface area (Å²) in [5.41, 5.74) is 0.0230. The SMILES string of the molecule is CC[C@H](NC(=O)c1ccc(C)[nH]c1=O)C(=O)O. The van der Waals surface area contributed by atoms with Crippen LogP contribution in [0.2, 0.25) is 0 Å². The average Bonchev–Trinajstić information content (AvgIpc) is 2.24. The normalized spacial score (nSPS) is 11.9. The molecule has 1 aromatic rings. The van der Waals surface area contributed by atoms with E-state index in [1.54, 1.807) is 19.9 Å². The Hall–Kier alpha value is -2.11. The molecule has 1 atom stereocenters. The molecule has 92 valence electrons. The highest BCUT2D eigenvalue weighted by Gasteiger charge is 2.19. The molecule has 0 aliphatic rings. The van der Waals surface area contributed by atoms with Crippen molar-refractivity contribution in [1.82, 2.24) is 10.3 Å². The predicted octanol–water partition coefficient (Wildman–Crippen LogP) is 0.276. The summed E-state index contributed by atoms with van der Waals surface area (Å²) >= 11 is 0. The molecule has 1 aromatic heterocycles. The van der Waals surface area contributed by atoms with Crippen LogP contribution in [0.5, 0.6) is 0 Å². The maximum atomic E-state index is 11.7. The third kappa shape index (κ3) is 3.17. The molecular weight excluding hydrogens is 224 g/mol. The van der Waals surface area contributed by atoms with Gasteiger partial charge < -0.3 is 15.4 Å². The van der Waals surface area contributed by atoms with Gasteiger partial charge in [0.1, 0.15) is 11.6 Å². The van der Waals surface area contributed by atoms with Gasteiger partial charge in [-0.2, -0.15) is 0 Å². The number of aliphatic carboxylic acids is 1. The van der Waals surface area contributed by atoms with Crippen LogP contribution in [0.25, 0.3) is 0 Å². The van der Waals surface area contributed by atoms with Gasteiger partial charge in [-0.25, -0.2) is 4.79 Å². The molecule has 1 heterocycles. The quantitative estimate of drug-likeness (QED) is 0.701. The third-order valence-corrected chi connectivity index (χ3v) is 2.31. The van der Waals surface area contributed by atoms with E-state index in [-0.39, 0.29) is 12.0 Å². The molecule has 17 heavy (non-hydrogen) atoms. The van der Waals surface area contributed by atoms with Crippen molar-refractivity contribution in [2.45, 2.75) is 26.3 Å². The molecule has 1 amide bonds. The number of carbonyl (C=O) groups excluding carboxylic acids is 1. The number of aromatic amines is 1. The van der Waals surface area contributed by atoms with E-state index < -0.39 is 23.5 Å². The molecule has 1 rings (SSSR count). The number of rotatable bonds is 4. The molecule has 0 saturated heterocycles. The first-order valence-corrected chi connectivity index (χ1v) is 5.19. The molecule has 6 nitrogen and oxygen atoms in total. The molecule has 0 fully saturated rings. The Labute approximate surface area is 97.7 Å². The Morgan fingerprint density at radius 2 is 2.12 bits per heavy atom. The Morgan fingerprint density at radius 1 is 1.47 bits per heavy atom. The summed E-state index contributed by atoms with van der Waals surface area (Å²) in [5, 5.41) is 11.1. The summed E-state index contributed by atoms with van der Waals surface area (Å²) in [6.45, 7) is 3.33. The zero-order valence-corrected chi connectivity index (χ0v) is 9.61. The van der Waals surface area contributed by atoms with Crippen LogP contribution in [0.1, 0.15) is 29.4 Å². The van der Waals surface area contributed by atoms with Crippen molar-refractivity contribution in [2.24, 2.45) is 0 Å². The Kier molecular flexibility index (Phi) is 4.03. The maximum Gasteiger partial charge on any atom is 0.326 e. The summed E-state index contributed by atoms with van der Waals surface area (Å²) in [5.74, 6) is -1.80. The van der Waals surface area contributed by atoms with E-state index in [1.807, 2.05) is 0 Å². The Balaban J connectivity index is 2.90. The molecule has 0 saturated carbocycles. The van der Waals surface area contributed by atoms with Crippen LogP contribution in [0, 0.1) is 6.92 Å². The second-order valence-electron chi connectivity index (χ2n) is 3.66. The van der Waals surface area contributed by atoms with Crippen LogP contribution < -0.4 is 10.9 Å². The molecule has 3 N–H and O–H groups in total. The minimum atomic E-state index is -1.12. The molecule has 0 radical (unpaired) electrons. The lowest BCUT2D eigenvalue weighted by atomic mass is 10.2. The van der Waals surface area contributed by atoms with Gasteiger partial charge in [0.05, 0.1) is 0 Å². The average molecular weight is 238 g/mol. The van der Waals surface area contributed by atoms with Crippen LogP contribution in [-0.4, -0.2) is 28.0 Å². The van der Waals surface area contributed by atoms with Crippen molar-refractivity contribution in [3.05, 3.63) is 33.7 Å². The zero-order chi connectivity index (χ0) is 13.0. The lowest BCUT2D eigenvalue weighted by molar-refractivity contribution is -0.139. The predicted molar refractivity (Wildman–Crippen MR) is 61.0 cm³/mol. The third-order valence-electron chi connectivity index (χ3n) is 2.31. The number of H-pyrrole nitrogens is 1. The van der Waals surface area contributed by atoms with Gasteiger partial charge in [0.15, 0.2) is 0 Å². The number of aryl methyl sites for hydroxylation is 1. The number of amides is 1. The smallest absolute Gasteiger partial charge is 0.326 e. The van der Waals surface area contributed by atoms with Crippen molar-refractivity contribution in [2.75, 3.05) is 0 Å². The lowest BCUT2D eigenvalue weighted by Crippen LogP contribution is -2.42. The summed E-state index contributed by atoms with van der Waals surface area (Å²) in [4.78, 5) is 36.3. The largest absolute Gasteiger partial charge is 0.480 e. The first kappa shape index (κ1) is 13.0. The Bertz CT molecular complexity index is 492. The van der Waals surface area contributed by atoms with E-state index in [2.05, 4.69) is 10.3 Å². The highest BCUT2D eigenvalue weighted by atomic mass is 16.4. The number of carboxylic acid groups (broad SMARTS) is 1. The summed E-state index contributed by atoms with van der Waals surface area (Å²) in [7, 11) is 0. The molecule has 0 spiro atoms. The topological polar surface area (TPSA) is 99.3 Å². The zero-order valence-electron chi connectivity index (χ0n) is 9.61. The maximum absolute atomic E-state index is 11.7. The highest BCUT2D eigenvalue weighted by Crippen LogP contribution is 1.97. The van der Waals surface area contributed by atoms with Crippen molar-refractivity contribution in [3.63, 3.8) is 0 Å². The second-order valence-corrected chi connectivity index (χ2v) is 3.66. The van der Waals surface area contributed by atoms with E-state index in [9.17, 15) is 14.4 Å². The van der Waals surface area contributed by atoms with Gasteiger partial charge in [0.25, 0.3) is 11.5 Å². The summed E-state index contributed by atoms with van der Waals surface area (Å²) in [6, 6.07) is 1.97. The minimum Gasteiger partial charge on any atom is -0.480 e. The number of nitrogens with one attached hydrogen (secondary N) is 2. The number of hydrogen-bond donors (Lipinski definition) is 3. The van der Waals surface area contributed by atoms with Crippen LogP contribution >= 0.6 is 0 Å². The fourth-order valence-corrected chi connectivity index (χ4v) is 1.33. The molecule has 0 bridgehead atoms. The van der Waals surface area contributed by atoms with Gasteiger partial charge in [-0.3, -0.25) is 9.59 Å². The number of pyridine rings is 1. The van der Waals surface area contributed by atoms with Gasteiger partial charge in [-0.05, 0) is 25.5 Å². The van der Waals surface area contributed by atoms with Gasteiger partial charge in [0.2, 0.25) is 0 Å². The highest BCUT2D eigenvalue weighted by molar-refractivity contribution is 5.96. The van der Waals surface area contributed by atoms with Crippen LogP contribution in [0.3, 0.4) is 0 Å². The molecular formula is C11H14N2O4. The van der Waals surface area contributed by atoms with Crippen LogP contribution in [0.15, 0.2) is 16.9 Å². The van der Waals surface area contributed by atoms with E-state index in [0.717, 1.165) is 0 Å². The van der Waals surface area contributed by atoms with Crippen molar-refractivity contribution in [1.29, 1.82) is 0 Å². The number of carbonyl (C=O) groups is 2. The fourth-order valence-electron chi connectivity index (χ4n) is 1.33. The standard InChI is InChI=1S/C11H14N2O4/c1-3-8(11(16)17)13-10(15)7-5-4-6(2)12-9(7)14/h4-5,8H,3H2,1-2H3,(H,12,14)(H,13,15)(H,16,17)/t8-/m0/s1. The number of aromatic nitrogens is 1. The monoisotopic (exact) mass is 238 g/mol. The first-order valence-electron chi connectivity index (χ1n) is 5.19. The van der Waals surface area contributed by atoms with Crippen molar-refractivity contribution >= 4 is 11.9 Å². The van der Waals surface area contributed by atoms with Gasteiger partial charge in [-0.1, -0.05) is 6.92 Å². The van der Waals surface area contributed by atoms with Gasteiger partial charge >= 0.3 is 5.97 Å². The summed E-state index contributed by atoms with van der Waals surface area (Å²) < 4.78 is 0. The molecule has 6 heteroatoms. The van der Waals surface area contributed by atoms with Gasteiger partial charge in [-0.15, -0.1) is 0 Å². The summed E-state index contributed by atoms with van der Waals surface area (Å²) in [6.07, 6.45) is 0.255. The van der Waals surface area contributed by atoms with Crippen LogP contribution in [-0.2, 0) is 4.79 Å². The first-order chi connectivity index (χ1) is 7.95. The molecule has 0 aliphatic heterocycles. The van der Waals surface area contributed by atoms with E-state index in [4.69, 9.17) is 5.11 Å². The molecule has 0 aromatic carbocycles. The van der Waals surface area contributed by atoms with Crippen molar-refractivity contribution < 1.29 is 14.7 Å². The minimum absolute atomic E-state index is 0.0877. The number of carboxylic acids is 1. The van der Waals surface area contributed by atoms with E-state index in [1.165, 1.54) is 6.07 Å². The van der Waals surface area contributed by atoms with Crippen molar-refractivity contribution in [3.8, 4) is 0 Å².